The summed E-state index contributed by atoms with van der Waals surface area (Å²) in [6.07, 6.45) is 4.62. The molecule has 0 spiro atoms. The lowest BCUT2D eigenvalue weighted by Gasteiger charge is -2.04. The summed E-state index contributed by atoms with van der Waals surface area (Å²) in [6, 6.07) is 0. The number of unbranched alkanes of at least 4 members (excludes halogenated alkanes) is 1. The lowest BCUT2D eigenvalue weighted by atomic mass is 10.1. The first kappa shape index (κ1) is 8.37. The highest BCUT2D eigenvalue weighted by Gasteiger charge is 2.20. The molecule has 3 nitrogen and oxygen atoms in total. The first-order chi connectivity index (χ1) is 5.36. The van der Waals surface area contributed by atoms with Gasteiger partial charge in [0.05, 0.1) is 13.5 Å². The van der Waals surface area contributed by atoms with E-state index in [-0.39, 0.29) is 6.10 Å². The maximum atomic E-state index is 5.12. The molecule has 0 aromatic heterocycles. The van der Waals surface area contributed by atoms with Crippen LogP contribution in [-0.4, -0.2) is 19.1 Å². The molecule has 3 heteroatoms. The van der Waals surface area contributed by atoms with E-state index in [0.29, 0.717) is 0 Å². The maximum absolute atomic E-state index is 5.12. The van der Waals surface area contributed by atoms with Gasteiger partial charge in [-0.25, -0.2) is 0 Å². The molecule has 1 unspecified atom stereocenters. The third-order valence-electron chi connectivity index (χ3n) is 1.82. The Morgan fingerprint density at radius 2 is 2.55 bits per heavy atom. The van der Waals surface area contributed by atoms with Crippen LogP contribution in [0.25, 0.3) is 0 Å². The molecular formula is C8H15NO2. The second kappa shape index (κ2) is 4.21. The van der Waals surface area contributed by atoms with Crippen LogP contribution in [0.5, 0.6) is 0 Å². The number of hydrogen-bond acceptors (Lipinski definition) is 3. The molecule has 0 N–H and O–H groups in total. The van der Waals surface area contributed by atoms with Gasteiger partial charge >= 0.3 is 0 Å². The van der Waals surface area contributed by atoms with E-state index in [2.05, 4.69) is 12.1 Å². The van der Waals surface area contributed by atoms with Gasteiger partial charge in [0.2, 0.25) is 5.90 Å². The molecule has 0 amide bonds. The van der Waals surface area contributed by atoms with Gasteiger partial charge in [0.15, 0.2) is 0 Å². The van der Waals surface area contributed by atoms with Crippen molar-refractivity contribution < 1.29 is 9.57 Å². The van der Waals surface area contributed by atoms with E-state index in [9.17, 15) is 0 Å². The molecule has 0 fully saturated rings. The lowest BCUT2D eigenvalue weighted by Crippen LogP contribution is -2.08. The van der Waals surface area contributed by atoms with Gasteiger partial charge < -0.3 is 9.57 Å². The van der Waals surface area contributed by atoms with Gasteiger partial charge in [0, 0.05) is 0 Å². The van der Waals surface area contributed by atoms with Crippen molar-refractivity contribution in [2.75, 3.05) is 7.11 Å². The zero-order valence-electron chi connectivity index (χ0n) is 7.17. The number of rotatable bonds is 3. The Labute approximate surface area is 67.4 Å². The normalized spacial score (nSPS) is 22.7. The van der Waals surface area contributed by atoms with Crippen LogP contribution in [0.15, 0.2) is 5.16 Å². The van der Waals surface area contributed by atoms with Crippen molar-refractivity contribution in [3.05, 3.63) is 0 Å². The molecule has 0 saturated carbocycles. The molecule has 1 atom stereocenters. The summed E-state index contributed by atoms with van der Waals surface area (Å²) in [5, 5.41) is 3.78. The van der Waals surface area contributed by atoms with Crippen LogP contribution in [0.2, 0.25) is 0 Å². The number of hydrogen-bond donors (Lipinski definition) is 0. The summed E-state index contributed by atoms with van der Waals surface area (Å²) < 4.78 is 4.95. The largest absolute Gasteiger partial charge is 0.482 e. The highest BCUT2D eigenvalue weighted by atomic mass is 16.7. The molecule has 0 saturated heterocycles. The fraction of sp³-hybridized carbons (Fsp3) is 0.875. The first-order valence-corrected chi connectivity index (χ1v) is 4.13. The van der Waals surface area contributed by atoms with E-state index in [1.54, 1.807) is 7.11 Å². The number of ether oxygens (including phenoxy) is 1. The van der Waals surface area contributed by atoms with Crippen molar-refractivity contribution in [1.82, 2.24) is 0 Å². The summed E-state index contributed by atoms with van der Waals surface area (Å²) in [6.45, 7) is 2.17. The van der Waals surface area contributed by atoms with Gasteiger partial charge in [0.1, 0.15) is 6.10 Å². The summed E-state index contributed by atoms with van der Waals surface area (Å²) in [4.78, 5) is 5.12. The summed E-state index contributed by atoms with van der Waals surface area (Å²) in [5.74, 6) is 0.728. The first-order valence-electron chi connectivity index (χ1n) is 4.13. The Morgan fingerprint density at radius 3 is 3.09 bits per heavy atom. The SMILES string of the molecule is CCCCC1CC(OC)=NO1. The summed E-state index contributed by atoms with van der Waals surface area (Å²) in [7, 11) is 1.63. The topological polar surface area (TPSA) is 30.8 Å². The molecule has 0 aliphatic carbocycles. The fourth-order valence-corrected chi connectivity index (χ4v) is 1.11. The van der Waals surface area contributed by atoms with Crippen molar-refractivity contribution >= 4 is 5.90 Å². The van der Waals surface area contributed by atoms with E-state index < -0.39 is 0 Å². The molecule has 1 rings (SSSR count). The molecular weight excluding hydrogens is 142 g/mol. The minimum absolute atomic E-state index is 0.268. The highest BCUT2D eigenvalue weighted by Crippen LogP contribution is 2.16. The van der Waals surface area contributed by atoms with Crippen molar-refractivity contribution in [3.8, 4) is 0 Å². The van der Waals surface area contributed by atoms with Crippen LogP contribution in [0.4, 0.5) is 0 Å². The van der Waals surface area contributed by atoms with Crippen molar-refractivity contribution in [1.29, 1.82) is 0 Å². The average molecular weight is 157 g/mol. The van der Waals surface area contributed by atoms with E-state index in [0.717, 1.165) is 18.7 Å². The van der Waals surface area contributed by atoms with Gasteiger partial charge in [-0.3, -0.25) is 0 Å². The predicted molar refractivity (Wildman–Crippen MR) is 43.5 cm³/mol. The second-order valence-corrected chi connectivity index (χ2v) is 2.76. The molecule has 64 valence electrons. The maximum Gasteiger partial charge on any atom is 0.229 e. The van der Waals surface area contributed by atoms with Gasteiger partial charge in [-0.2, -0.15) is 0 Å². The quantitative estimate of drug-likeness (QED) is 0.626. The van der Waals surface area contributed by atoms with Crippen molar-refractivity contribution in [2.45, 2.75) is 38.7 Å². The van der Waals surface area contributed by atoms with E-state index in [4.69, 9.17) is 9.57 Å². The number of nitrogens with zero attached hydrogens (tertiary/aromatic N) is 1. The van der Waals surface area contributed by atoms with Crippen LogP contribution in [-0.2, 0) is 9.57 Å². The van der Waals surface area contributed by atoms with E-state index >= 15 is 0 Å². The molecule has 1 heterocycles. The Balaban J connectivity index is 2.14. The Hall–Kier alpha value is -0.730. The van der Waals surface area contributed by atoms with Gasteiger partial charge in [-0.05, 0) is 12.8 Å². The van der Waals surface area contributed by atoms with Crippen LogP contribution in [0.1, 0.15) is 32.6 Å². The Kier molecular flexibility index (Phi) is 3.20. The molecule has 0 aromatic rings. The van der Waals surface area contributed by atoms with Crippen LogP contribution >= 0.6 is 0 Å². The fourth-order valence-electron chi connectivity index (χ4n) is 1.11. The Morgan fingerprint density at radius 1 is 1.73 bits per heavy atom. The van der Waals surface area contributed by atoms with Crippen LogP contribution in [0.3, 0.4) is 0 Å². The monoisotopic (exact) mass is 157 g/mol. The molecule has 0 radical (unpaired) electrons. The summed E-state index contributed by atoms with van der Waals surface area (Å²) >= 11 is 0. The van der Waals surface area contributed by atoms with Crippen molar-refractivity contribution in [3.63, 3.8) is 0 Å². The minimum Gasteiger partial charge on any atom is -0.482 e. The van der Waals surface area contributed by atoms with Gasteiger partial charge in [-0.1, -0.05) is 18.5 Å². The van der Waals surface area contributed by atoms with Crippen molar-refractivity contribution in [2.24, 2.45) is 5.16 Å². The standard InChI is InChI=1S/C8H15NO2/c1-3-4-5-7-6-8(10-2)9-11-7/h7H,3-6H2,1-2H3. The third kappa shape index (κ3) is 2.41. The third-order valence-corrected chi connectivity index (χ3v) is 1.82. The molecule has 1 aliphatic rings. The molecule has 1 aliphatic heterocycles. The predicted octanol–water partition coefficient (Wildman–Crippen LogP) is 1.93. The van der Waals surface area contributed by atoms with Gasteiger partial charge in [0.25, 0.3) is 0 Å². The van der Waals surface area contributed by atoms with Gasteiger partial charge in [-0.15, -0.1) is 0 Å². The van der Waals surface area contributed by atoms with E-state index in [1.807, 2.05) is 0 Å². The average Bonchev–Trinajstić information content (AvgIpc) is 2.48. The molecule has 11 heavy (non-hydrogen) atoms. The zero-order chi connectivity index (χ0) is 8.10. The highest BCUT2D eigenvalue weighted by molar-refractivity contribution is 5.76. The second-order valence-electron chi connectivity index (χ2n) is 2.76. The lowest BCUT2D eigenvalue weighted by molar-refractivity contribution is 0.0772. The minimum atomic E-state index is 0.268. The Bertz CT molecular complexity index is 145. The smallest absolute Gasteiger partial charge is 0.229 e. The molecule has 0 aromatic carbocycles. The molecule has 0 bridgehead atoms. The number of methoxy groups -OCH3 is 1. The van der Waals surface area contributed by atoms with Crippen LogP contribution < -0.4 is 0 Å². The summed E-state index contributed by atoms with van der Waals surface area (Å²) in [5.41, 5.74) is 0. The number of oxime groups is 1. The van der Waals surface area contributed by atoms with E-state index in [1.165, 1.54) is 12.8 Å². The zero-order valence-corrected chi connectivity index (χ0v) is 7.17. The van der Waals surface area contributed by atoms with Crippen LogP contribution in [0, 0.1) is 0 Å².